The molecule has 0 heterocycles. The maximum atomic E-state index is 10.7. The van der Waals surface area contributed by atoms with Crippen molar-refractivity contribution in [3.63, 3.8) is 0 Å². The smallest absolute Gasteiger partial charge is 0.192 e. The van der Waals surface area contributed by atoms with Gasteiger partial charge in [-0.15, -0.1) is 5.92 Å². The molecule has 2 nitrogen and oxygen atoms in total. The summed E-state index contributed by atoms with van der Waals surface area (Å²) >= 11 is 0. The van der Waals surface area contributed by atoms with Crippen LogP contribution in [0.4, 0.5) is 0 Å². The number of aliphatic hydroxyl groups is 1. The molecule has 0 fully saturated rings. The molecular formula is C24H32O2Si. The van der Waals surface area contributed by atoms with Crippen molar-refractivity contribution in [2.75, 3.05) is 6.61 Å². The van der Waals surface area contributed by atoms with Gasteiger partial charge in [0.1, 0.15) is 6.10 Å². The molecule has 1 atom stereocenters. The van der Waals surface area contributed by atoms with Gasteiger partial charge in [-0.25, -0.2) is 0 Å². The second kappa shape index (κ2) is 9.42. The molecule has 0 aromatic heterocycles. The molecule has 0 amide bonds. The van der Waals surface area contributed by atoms with E-state index in [2.05, 4.69) is 69.7 Å². The molecule has 27 heavy (non-hydrogen) atoms. The lowest BCUT2D eigenvalue weighted by molar-refractivity contribution is 0.271. The van der Waals surface area contributed by atoms with Crippen molar-refractivity contribution in [1.82, 2.24) is 0 Å². The Bertz CT molecular complexity index is 777. The number of aliphatic hydroxyl groups excluding tert-OH is 1. The lowest BCUT2D eigenvalue weighted by Gasteiger charge is -2.36. The molecule has 0 radical (unpaired) electrons. The van der Waals surface area contributed by atoms with Gasteiger partial charge >= 0.3 is 0 Å². The topological polar surface area (TPSA) is 29.5 Å². The van der Waals surface area contributed by atoms with Gasteiger partial charge in [0.15, 0.2) is 8.32 Å². The standard InChI is InChI=1S/C24H32O2Si/c1-24(2,3)27(4,5)26-19-22(20-15-11-10-12-16-20)21-17-13-8-6-7-9-14-18-23(21)25/h10-12,15-16,23,25H,6-9,19H2,1-5H3/b22-21+. The molecule has 0 spiro atoms. The first-order valence-corrected chi connectivity index (χ1v) is 12.7. The van der Waals surface area contributed by atoms with Gasteiger partial charge in [-0.1, -0.05) is 68.9 Å². The van der Waals surface area contributed by atoms with Crippen LogP contribution in [0.15, 0.2) is 35.9 Å². The van der Waals surface area contributed by atoms with Crippen LogP contribution in [0.2, 0.25) is 18.1 Å². The molecule has 2 rings (SSSR count). The van der Waals surface area contributed by atoms with E-state index >= 15 is 0 Å². The van der Waals surface area contributed by atoms with E-state index in [0.717, 1.165) is 36.8 Å². The maximum Gasteiger partial charge on any atom is 0.192 e. The Labute approximate surface area is 166 Å². The summed E-state index contributed by atoms with van der Waals surface area (Å²) in [4.78, 5) is 0. The number of rotatable bonds is 4. The van der Waals surface area contributed by atoms with Gasteiger partial charge in [0.05, 0.1) is 6.61 Å². The van der Waals surface area contributed by atoms with Crippen molar-refractivity contribution in [2.45, 2.75) is 70.7 Å². The highest BCUT2D eigenvalue weighted by molar-refractivity contribution is 6.74. The average molecular weight is 381 g/mol. The van der Waals surface area contributed by atoms with Crippen LogP contribution in [0.3, 0.4) is 0 Å². The zero-order valence-corrected chi connectivity index (χ0v) is 18.4. The fourth-order valence-corrected chi connectivity index (χ4v) is 3.50. The molecule has 1 aliphatic rings. The van der Waals surface area contributed by atoms with Crippen LogP contribution in [-0.4, -0.2) is 26.1 Å². The van der Waals surface area contributed by atoms with Crippen molar-refractivity contribution in [3.8, 4) is 23.7 Å². The van der Waals surface area contributed by atoms with E-state index in [0.29, 0.717) is 12.2 Å². The van der Waals surface area contributed by atoms with E-state index in [1.807, 2.05) is 18.2 Å². The normalized spacial score (nSPS) is 20.0. The van der Waals surface area contributed by atoms with E-state index in [1.54, 1.807) is 0 Å². The van der Waals surface area contributed by atoms with E-state index < -0.39 is 14.4 Å². The number of benzene rings is 1. The van der Waals surface area contributed by atoms with Gasteiger partial charge in [-0.2, -0.15) is 0 Å². The maximum absolute atomic E-state index is 10.7. The zero-order valence-electron chi connectivity index (χ0n) is 17.4. The molecule has 1 aromatic rings. The minimum absolute atomic E-state index is 0.125. The van der Waals surface area contributed by atoms with Crippen LogP contribution < -0.4 is 0 Å². The van der Waals surface area contributed by atoms with E-state index in [1.165, 1.54) is 0 Å². The molecule has 0 saturated heterocycles. The van der Waals surface area contributed by atoms with Crippen LogP contribution in [0.5, 0.6) is 0 Å². The van der Waals surface area contributed by atoms with Crippen molar-refractivity contribution < 1.29 is 9.53 Å². The molecule has 3 heteroatoms. The summed E-state index contributed by atoms with van der Waals surface area (Å²) in [5, 5.41) is 10.9. The van der Waals surface area contributed by atoms with Gasteiger partial charge in [-0.3, -0.25) is 0 Å². The van der Waals surface area contributed by atoms with Crippen molar-refractivity contribution in [3.05, 3.63) is 41.5 Å². The highest BCUT2D eigenvalue weighted by Gasteiger charge is 2.37. The minimum atomic E-state index is -1.93. The molecule has 0 saturated carbocycles. The van der Waals surface area contributed by atoms with Gasteiger partial charge < -0.3 is 9.53 Å². The molecule has 1 aromatic carbocycles. The Balaban J connectivity index is 2.48. The first-order chi connectivity index (χ1) is 12.7. The highest BCUT2D eigenvalue weighted by atomic mass is 28.4. The van der Waals surface area contributed by atoms with Crippen LogP contribution in [0.1, 0.15) is 52.0 Å². The second-order valence-corrected chi connectivity index (χ2v) is 13.3. The third kappa shape index (κ3) is 6.11. The third-order valence-corrected chi connectivity index (χ3v) is 9.90. The lowest BCUT2D eigenvalue weighted by Crippen LogP contribution is -2.41. The van der Waals surface area contributed by atoms with Crippen LogP contribution in [0.25, 0.3) is 5.57 Å². The Morgan fingerprint density at radius 3 is 2.37 bits per heavy atom. The van der Waals surface area contributed by atoms with Crippen LogP contribution in [0, 0.1) is 23.7 Å². The molecule has 0 aliphatic heterocycles. The van der Waals surface area contributed by atoms with Gasteiger partial charge in [0, 0.05) is 18.4 Å². The predicted octanol–water partition coefficient (Wildman–Crippen LogP) is 5.40. The Hall–Kier alpha value is -1.78. The van der Waals surface area contributed by atoms with Crippen molar-refractivity contribution in [2.24, 2.45) is 0 Å². The molecule has 1 unspecified atom stereocenters. The molecular weight excluding hydrogens is 348 g/mol. The third-order valence-electron chi connectivity index (χ3n) is 5.42. The van der Waals surface area contributed by atoms with Gasteiger partial charge in [-0.05, 0) is 42.1 Å². The largest absolute Gasteiger partial charge is 0.413 e. The van der Waals surface area contributed by atoms with E-state index in [-0.39, 0.29) is 5.04 Å². The summed E-state index contributed by atoms with van der Waals surface area (Å²) in [6, 6.07) is 10.1. The lowest BCUT2D eigenvalue weighted by atomic mass is 9.96. The van der Waals surface area contributed by atoms with E-state index in [9.17, 15) is 5.11 Å². The Morgan fingerprint density at radius 2 is 1.74 bits per heavy atom. The fraction of sp³-hybridized carbons (Fsp3) is 0.500. The Morgan fingerprint density at radius 1 is 1.11 bits per heavy atom. The molecule has 144 valence electrons. The molecule has 1 N–H and O–H groups in total. The predicted molar refractivity (Wildman–Crippen MR) is 117 cm³/mol. The second-order valence-electron chi connectivity index (χ2n) is 8.54. The highest BCUT2D eigenvalue weighted by Crippen LogP contribution is 2.37. The summed E-state index contributed by atoms with van der Waals surface area (Å²) in [7, 11) is -1.93. The zero-order chi connectivity index (χ0) is 19.9. The summed E-state index contributed by atoms with van der Waals surface area (Å²) in [6.07, 6.45) is 2.87. The summed E-state index contributed by atoms with van der Waals surface area (Å²) < 4.78 is 6.49. The van der Waals surface area contributed by atoms with E-state index in [4.69, 9.17) is 4.43 Å². The number of hydrogen-bond donors (Lipinski definition) is 1. The molecule has 1 aliphatic carbocycles. The fourth-order valence-electron chi connectivity index (χ4n) is 2.56. The van der Waals surface area contributed by atoms with Gasteiger partial charge in [0.25, 0.3) is 0 Å². The van der Waals surface area contributed by atoms with Crippen LogP contribution in [-0.2, 0) is 4.43 Å². The average Bonchev–Trinajstić information content (AvgIpc) is 2.62. The quantitative estimate of drug-likeness (QED) is 0.559. The van der Waals surface area contributed by atoms with Gasteiger partial charge in [0.2, 0.25) is 0 Å². The summed E-state index contributed by atoms with van der Waals surface area (Å²) in [5.74, 6) is 12.5. The summed E-state index contributed by atoms with van der Waals surface area (Å²) in [6.45, 7) is 11.6. The first-order valence-electron chi connectivity index (χ1n) is 9.80. The molecule has 0 bridgehead atoms. The minimum Gasteiger partial charge on any atom is -0.413 e. The SMILES string of the molecule is CC(C)(C)[Si](C)(C)OC/C(=C1/C#CCCCCC#CC1O)c1ccccc1. The first kappa shape index (κ1) is 21.5. The van der Waals surface area contributed by atoms with Crippen LogP contribution >= 0.6 is 0 Å². The Kier molecular flexibility index (Phi) is 7.51. The number of hydrogen-bond acceptors (Lipinski definition) is 2. The monoisotopic (exact) mass is 380 g/mol. The summed E-state index contributed by atoms with van der Waals surface area (Å²) in [5.41, 5.74) is 2.68. The van der Waals surface area contributed by atoms with Crippen molar-refractivity contribution in [1.29, 1.82) is 0 Å². The van der Waals surface area contributed by atoms with Crippen molar-refractivity contribution >= 4 is 13.9 Å².